The molecule has 1 atom stereocenters. The summed E-state index contributed by atoms with van der Waals surface area (Å²) in [4.78, 5) is 15.0. The second-order valence-corrected chi connectivity index (χ2v) is 3.56. The van der Waals surface area contributed by atoms with Gasteiger partial charge in [0.2, 0.25) is 5.91 Å². The Balaban J connectivity index is 2.82. The van der Waals surface area contributed by atoms with Crippen LogP contribution in [0.25, 0.3) is 0 Å². The molecule has 0 spiro atoms. The highest BCUT2D eigenvalue weighted by molar-refractivity contribution is 6.36. The van der Waals surface area contributed by atoms with Crippen LogP contribution in [0, 0.1) is 0 Å². The van der Waals surface area contributed by atoms with E-state index in [0.29, 0.717) is 10.7 Å². The number of rotatable bonds is 2. The van der Waals surface area contributed by atoms with Crippen molar-refractivity contribution in [3.8, 4) is 0 Å². The molecule has 0 aliphatic rings. The summed E-state index contributed by atoms with van der Waals surface area (Å²) >= 11 is 11.4. The Bertz CT molecular complexity index is 354. The van der Waals surface area contributed by atoms with E-state index in [1.165, 1.54) is 12.3 Å². The van der Waals surface area contributed by atoms with E-state index in [4.69, 9.17) is 28.9 Å². The van der Waals surface area contributed by atoms with Crippen LogP contribution in [-0.2, 0) is 4.79 Å². The Morgan fingerprint density at radius 3 is 2.79 bits per heavy atom. The molecular formula is C8H9Cl2N3O. The van der Waals surface area contributed by atoms with E-state index in [1.54, 1.807) is 6.92 Å². The fraction of sp³-hybridized carbons (Fsp3) is 0.250. The summed E-state index contributed by atoms with van der Waals surface area (Å²) < 4.78 is 0. The van der Waals surface area contributed by atoms with Crippen molar-refractivity contribution in [3.05, 3.63) is 22.4 Å². The number of nitrogens with zero attached hydrogens (tertiary/aromatic N) is 1. The van der Waals surface area contributed by atoms with Gasteiger partial charge in [-0.2, -0.15) is 0 Å². The highest BCUT2D eigenvalue weighted by Gasteiger charge is 2.10. The molecule has 1 aromatic rings. The number of pyridine rings is 1. The van der Waals surface area contributed by atoms with E-state index >= 15 is 0 Å². The third-order valence-corrected chi connectivity index (χ3v) is 2.01. The summed E-state index contributed by atoms with van der Waals surface area (Å²) in [6.07, 6.45) is 1.38. The van der Waals surface area contributed by atoms with E-state index < -0.39 is 6.04 Å². The van der Waals surface area contributed by atoms with Gasteiger partial charge in [-0.3, -0.25) is 4.79 Å². The Morgan fingerprint density at radius 1 is 1.64 bits per heavy atom. The molecular weight excluding hydrogens is 225 g/mol. The fourth-order valence-corrected chi connectivity index (χ4v) is 1.16. The molecule has 0 aliphatic heterocycles. The molecule has 4 nitrogen and oxygen atoms in total. The highest BCUT2D eigenvalue weighted by Crippen LogP contribution is 2.23. The van der Waals surface area contributed by atoms with Gasteiger partial charge >= 0.3 is 0 Å². The average Bonchev–Trinajstić information content (AvgIpc) is 2.09. The van der Waals surface area contributed by atoms with Crippen LogP contribution in [0.3, 0.4) is 0 Å². The third-order valence-electron chi connectivity index (χ3n) is 1.49. The van der Waals surface area contributed by atoms with Crippen LogP contribution in [0.2, 0.25) is 10.2 Å². The summed E-state index contributed by atoms with van der Waals surface area (Å²) in [6, 6.07) is 0.849. The first kappa shape index (κ1) is 11.2. The minimum Gasteiger partial charge on any atom is -0.322 e. The SMILES string of the molecule is C[C@@H](N)C(=O)Nc1cnc(Cl)cc1Cl. The normalized spacial score (nSPS) is 12.3. The number of aromatic nitrogens is 1. The van der Waals surface area contributed by atoms with Crippen LogP contribution >= 0.6 is 23.2 Å². The van der Waals surface area contributed by atoms with Crippen LogP contribution in [0.5, 0.6) is 0 Å². The molecule has 14 heavy (non-hydrogen) atoms. The van der Waals surface area contributed by atoms with Crippen molar-refractivity contribution < 1.29 is 4.79 Å². The monoisotopic (exact) mass is 233 g/mol. The maximum absolute atomic E-state index is 11.2. The van der Waals surface area contributed by atoms with Crippen molar-refractivity contribution in [1.29, 1.82) is 0 Å². The van der Waals surface area contributed by atoms with Crippen LogP contribution in [0.1, 0.15) is 6.92 Å². The zero-order valence-corrected chi connectivity index (χ0v) is 8.93. The molecule has 1 heterocycles. The quantitative estimate of drug-likeness (QED) is 0.765. The van der Waals surface area contributed by atoms with Gasteiger partial charge in [-0.15, -0.1) is 0 Å². The van der Waals surface area contributed by atoms with Crippen molar-refractivity contribution in [3.63, 3.8) is 0 Å². The number of hydrogen-bond acceptors (Lipinski definition) is 3. The summed E-state index contributed by atoms with van der Waals surface area (Å²) in [5.74, 6) is -0.323. The lowest BCUT2D eigenvalue weighted by Gasteiger charge is -2.08. The van der Waals surface area contributed by atoms with Gasteiger partial charge in [0.05, 0.1) is 22.9 Å². The minimum atomic E-state index is -0.596. The number of halogens is 2. The highest BCUT2D eigenvalue weighted by atomic mass is 35.5. The van der Waals surface area contributed by atoms with Gasteiger partial charge in [-0.25, -0.2) is 4.98 Å². The Morgan fingerprint density at radius 2 is 2.29 bits per heavy atom. The topological polar surface area (TPSA) is 68.0 Å². The predicted molar refractivity (Wildman–Crippen MR) is 56.5 cm³/mol. The molecule has 0 unspecified atom stereocenters. The van der Waals surface area contributed by atoms with Crippen molar-refractivity contribution >= 4 is 34.8 Å². The molecule has 6 heteroatoms. The van der Waals surface area contributed by atoms with Crippen LogP contribution < -0.4 is 11.1 Å². The Kier molecular flexibility index (Phi) is 3.69. The van der Waals surface area contributed by atoms with E-state index in [2.05, 4.69) is 10.3 Å². The molecule has 0 radical (unpaired) electrons. The van der Waals surface area contributed by atoms with Crippen molar-refractivity contribution in [2.45, 2.75) is 13.0 Å². The molecule has 3 N–H and O–H groups in total. The van der Waals surface area contributed by atoms with Crippen molar-refractivity contribution in [1.82, 2.24) is 4.98 Å². The van der Waals surface area contributed by atoms with Crippen molar-refractivity contribution in [2.24, 2.45) is 5.73 Å². The molecule has 0 bridgehead atoms. The molecule has 76 valence electrons. The second-order valence-electron chi connectivity index (χ2n) is 2.76. The van der Waals surface area contributed by atoms with Crippen molar-refractivity contribution in [2.75, 3.05) is 5.32 Å². The first-order valence-electron chi connectivity index (χ1n) is 3.88. The summed E-state index contributed by atoms with van der Waals surface area (Å²) in [5, 5.41) is 3.12. The molecule has 0 saturated heterocycles. The number of amides is 1. The number of hydrogen-bond donors (Lipinski definition) is 2. The van der Waals surface area contributed by atoms with E-state index in [0.717, 1.165) is 0 Å². The van der Waals surface area contributed by atoms with Gasteiger partial charge in [0, 0.05) is 0 Å². The molecule has 1 amide bonds. The number of carbonyl (C=O) groups excluding carboxylic acids is 1. The third kappa shape index (κ3) is 2.83. The van der Waals surface area contributed by atoms with Gasteiger partial charge < -0.3 is 11.1 Å². The minimum absolute atomic E-state index is 0.272. The maximum Gasteiger partial charge on any atom is 0.241 e. The molecule has 0 aliphatic carbocycles. The standard InChI is InChI=1S/C8H9Cl2N3O/c1-4(11)8(14)13-6-3-12-7(10)2-5(6)9/h2-4H,11H2,1H3,(H,13,14)/t4-/m1/s1. The van der Waals surface area contributed by atoms with Gasteiger partial charge in [0.15, 0.2) is 0 Å². The van der Waals surface area contributed by atoms with Gasteiger partial charge in [0.1, 0.15) is 5.15 Å². The number of nitrogens with one attached hydrogen (secondary N) is 1. The smallest absolute Gasteiger partial charge is 0.241 e. The lowest BCUT2D eigenvalue weighted by molar-refractivity contribution is -0.117. The van der Waals surface area contributed by atoms with E-state index in [-0.39, 0.29) is 11.1 Å². The van der Waals surface area contributed by atoms with Gasteiger partial charge in [-0.05, 0) is 13.0 Å². The number of nitrogens with two attached hydrogens (primary N) is 1. The first-order chi connectivity index (χ1) is 6.50. The zero-order chi connectivity index (χ0) is 10.7. The lowest BCUT2D eigenvalue weighted by atomic mass is 10.3. The Hall–Kier alpha value is -0.840. The second kappa shape index (κ2) is 4.59. The molecule has 1 rings (SSSR count). The maximum atomic E-state index is 11.2. The lowest BCUT2D eigenvalue weighted by Crippen LogP contribution is -2.32. The Labute approximate surface area is 91.4 Å². The van der Waals surface area contributed by atoms with E-state index in [1.807, 2.05) is 0 Å². The fourth-order valence-electron chi connectivity index (χ4n) is 0.746. The summed E-state index contributed by atoms with van der Waals surface area (Å²) in [7, 11) is 0. The largest absolute Gasteiger partial charge is 0.322 e. The van der Waals surface area contributed by atoms with Gasteiger partial charge in [-0.1, -0.05) is 23.2 Å². The number of carbonyl (C=O) groups is 1. The first-order valence-corrected chi connectivity index (χ1v) is 4.64. The number of anilines is 1. The molecule has 0 saturated carbocycles. The van der Waals surface area contributed by atoms with Crippen LogP contribution in [0.4, 0.5) is 5.69 Å². The molecule has 1 aromatic heterocycles. The van der Waals surface area contributed by atoms with E-state index in [9.17, 15) is 4.79 Å². The summed E-state index contributed by atoms with van der Waals surface area (Å²) in [5.41, 5.74) is 5.76. The molecule has 0 aromatic carbocycles. The van der Waals surface area contributed by atoms with Crippen LogP contribution in [0.15, 0.2) is 12.3 Å². The average molecular weight is 234 g/mol. The summed E-state index contributed by atoms with van der Waals surface area (Å²) in [6.45, 7) is 1.58. The zero-order valence-electron chi connectivity index (χ0n) is 7.42. The predicted octanol–water partition coefficient (Wildman–Crippen LogP) is 1.67. The van der Waals surface area contributed by atoms with Gasteiger partial charge in [0.25, 0.3) is 0 Å². The molecule has 0 fully saturated rings. The van der Waals surface area contributed by atoms with Crippen LogP contribution in [-0.4, -0.2) is 16.9 Å².